The van der Waals surface area contributed by atoms with E-state index in [4.69, 9.17) is 23.2 Å². The van der Waals surface area contributed by atoms with Crippen LogP contribution < -0.4 is 9.62 Å². The molecule has 3 aromatic carbocycles. The minimum absolute atomic E-state index is 0.0515. The van der Waals surface area contributed by atoms with Crippen molar-refractivity contribution in [2.45, 2.75) is 38.3 Å². The summed E-state index contributed by atoms with van der Waals surface area (Å²) in [6.07, 6.45) is 0. The Morgan fingerprint density at radius 2 is 1.61 bits per heavy atom. The number of aryl methyl sites for hydroxylation is 1. The minimum Gasteiger partial charge on any atom is -0.355 e. The summed E-state index contributed by atoms with van der Waals surface area (Å²) in [4.78, 5) is 27.5. The third-order valence-corrected chi connectivity index (χ3v) is 8.06. The number of hydrogen-bond donors (Lipinski definition) is 1. The fourth-order valence-electron chi connectivity index (χ4n) is 3.76. The Kier molecular flexibility index (Phi) is 9.76. The first-order valence-electron chi connectivity index (χ1n) is 11.8. The van der Waals surface area contributed by atoms with Gasteiger partial charge in [-0.25, -0.2) is 12.8 Å². The number of sulfonamides is 1. The van der Waals surface area contributed by atoms with E-state index in [1.165, 1.54) is 55.5 Å². The molecule has 0 spiro atoms. The number of halogens is 3. The molecule has 1 N–H and O–H groups in total. The molecule has 0 fully saturated rings. The lowest BCUT2D eigenvalue weighted by Crippen LogP contribution is -2.51. The molecule has 2 amide bonds. The normalized spacial score (nSPS) is 12.1. The van der Waals surface area contributed by atoms with Crippen LogP contribution in [0.15, 0.2) is 71.6 Å². The fraction of sp³-hybridized carbons (Fsp3) is 0.259. The molecule has 7 nitrogen and oxygen atoms in total. The Bertz CT molecular complexity index is 1400. The van der Waals surface area contributed by atoms with E-state index in [1.807, 2.05) is 6.92 Å². The predicted molar refractivity (Wildman–Crippen MR) is 147 cm³/mol. The van der Waals surface area contributed by atoms with E-state index in [0.717, 1.165) is 14.8 Å². The summed E-state index contributed by atoms with van der Waals surface area (Å²) in [6, 6.07) is 15.2. The van der Waals surface area contributed by atoms with Gasteiger partial charge in [0.2, 0.25) is 11.8 Å². The predicted octanol–water partition coefficient (Wildman–Crippen LogP) is 5.19. The molecule has 0 aliphatic carbocycles. The third kappa shape index (κ3) is 7.03. The number of likely N-dealkylation sites (N-methyl/N-ethyl adjacent to an activating group) is 1. The number of rotatable bonds is 10. The van der Waals surface area contributed by atoms with Crippen LogP contribution in [0.5, 0.6) is 0 Å². The highest BCUT2D eigenvalue weighted by molar-refractivity contribution is 7.92. The minimum atomic E-state index is -4.28. The molecular weight excluding hydrogens is 552 g/mol. The number of anilines is 1. The zero-order valence-corrected chi connectivity index (χ0v) is 23.4. The Morgan fingerprint density at radius 1 is 1.00 bits per heavy atom. The van der Waals surface area contributed by atoms with Crippen molar-refractivity contribution >= 4 is 50.7 Å². The molecule has 0 aliphatic rings. The van der Waals surface area contributed by atoms with Crippen LogP contribution in [-0.4, -0.2) is 44.3 Å². The van der Waals surface area contributed by atoms with Crippen molar-refractivity contribution in [1.29, 1.82) is 0 Å². The van der Waals surface area contributed by atoms with Crippen LogP contribution in [-0.2, 0) is 26.2 Å². The second-order valence-electron chi connectivity index (χ2n) is 8.64. The first-order chi connectivity index (χ1) is 17.9. The maximum absolute atomic E-state index is 14.5. The topological polar surface area (TPSA) is 86.8 Å². The molecule has 0 aromatic heterocycles. The van der Waals surface area contributed by atoms with Crippen LogP contribution in [0, 0.1) is 12.7 Å². The smallest absolute Gasteiger partial charge is 0.264 e. The van der Waals surface area contributed by atoms with Crippen molar-refractivity contribution < 1.29 is 22.4 Å². The molecule has 38 heavy (non-hydrogen) atoms. The van der Waals surface area contributed by atoms with Crippen molar-refractivity contribution in [3.63, 3.8) is 0 Å². The number of amides is 2. The van der Waals surface area contributed by atoms with E-state index < -0.39 is 40.2 Å². The van der Waals surface area contributed by atoms with Crippen LogP contribution in [0.3, 0.4) is 0 Å². The van der Waals surface area contributed by atoms with E-state index in [2.05, 4.69) is 5.32 Å². The summed E-state index contributed by atoms with van der Waals surface area (Å²) in [5, 5.41) is 2.99. The van der Waals surface area contributed by atoms with Gasteiger partial charge < -0.3 is 10.2 Å². The highest BCUT2D eigenvalue weighted by Gasteiger charge is 2.33. The number of nitrogens with one attached hydrogen (secondary N) is 1. The van der Waals surface area contributed by atoms with Crippen LogP contribution in [0.1, 0.15) is 25.0 Å². The summed E-state index contributed by atoms with van der Waals surface area (Å²) in [5.41, 5.74) is 1.09. The molecule has 1 atom stereocenters. The lowest BCUT2D eigenvalue weighted by Gasteiger charge is -2.32. The lowest BCUT2D eigenvalue weighted by atomic mass is 10.1. The molecular formula is C27H28Cl2FN3O4S. The van der Waals surface area contributed by atoms with E-state index in [9.17, 15) is 22.4 Å². The van der Waals surface area contributed by atoms with Gasteiger partial charge in [0, 0.05) is 28.7 Å². The molecule has 0 radical (unpaired) electrons. The Hall–Kier alpha value is -3.14. The van der Waals surface area contributed by atoms with Gasteiger partial charge in [0.15, 0.2) is 0 Å². The molecule has 0 heterocycles. The van der Waals surface area contributed by atoms with Crippen molar-refractivity contribution in [2.75, 3.05) is 17.4 Å². The van der Waals surface area contributed by atoms with Gasteiger partial charge in [0.25, 0.3) is 10.0 Å². The zero-order chi connectivity index (χ0) is 28.0. The van der Waals surface area contributed by atoms with Gasteiger partial charge in [-0.2, -0.15) is 0 Å². The highest BCUT2D eigenvalue weighted by Crippen LogP contribution is 2.30. The van der Waals surface area contributed by atoms with Gasteiger partial charge in [-0.05, 0) is 57.2 Å². The van der Waals surface area contributed by atoms with E-state index in [1.54, 1.807) is 25.1 Å². The van der Waals surface area contributed by atoms with E-state index >= 15 is 0 Å². The van der Waals surface area contributed by atoms with Crippen molar-refractivity contribution in [3.8, 4) is 0 Å². The SMILES string of the molecule is CCNC(=O)C(C)N(Cc1ccccc1F)C(=O)CN(c1cc(Cl)cc(Cl)c1)S(=O)(=O)c1ccc(C)cc1. The highest BCUT2D eigenvalue weighted by atomic mass is 35.5. The number of carbonyl (C=O) groups excluding carboxylic acids is 2. The van der Waals surface area contributed by atoms with Gasteiger partial charge in [0.1, 0.15) is 18.4 Å². The molecule has 3 aromatic rings. The van der Waals surface area contributed by atoms with Crippen LogP contribution in [0.2, 0.25) is 10.0 Å². The molecule has 0 saturated carbocycles. The van der Waals surface area contributed by atoms with Crippen LogP contribution in [0.4, 0.5) is 10.1 Å². The van der Waals surface area contributed by atoms with Gasteiger partial charge in [-0.15, -0.1) is 0 Å². The second-order valence-corrected chi connectivity index (χ2v) is 11.4. The summed E-state index contributed by atoms with van der Waals surface area (Å²) >= 11 is 12.3. The lowest BCUT2D eigenvalue weighted by molar-refractivity contribution is -0.139. The molecule has 0 aliphatic heterocycles. The van der Waals surface area contributed by atoms with Gasteiger partial charge in [-0.1, -0.05) is 59.1 Å². The average Bonchev–Trinajstić information content (AvgIpc) is 2.86. The summed E-state index contributed by atoms with van der Waals surface area (Å²) in [7, 11) is -4.28. The Labute approximate surface area is 232 Å². The summed E-state index contributed by atoms with van der Waals surface area (Å²) in [5.74, 6) is -1.74. The number of nitrogens with zero attached hydrogens (tertiary/aromatic N) is 2. The van der Waals surface area contributed by atoms with Crippen molar-refractivity contribution in [1.82, 2.24) is 10.2 Å². The zero-order valence-electron chi connectivity index (χ0n) is 21.1. The molecule has 0 bridgehead atoms. The molecule has 202 valence electrons. The maximum atomic E-state index is 14.5. The maximum Gasteiger partial charge on any atom is 0.264 e. The molecule has 0 saturated heterocycles. The first-order valence-corrected chi connectivity index (χ1v) is 14.0. The Morgan fingerprint density at radius 3 is 2.18 bits per heavy atom. The van der Waals surface area contributed by atoms with Crippen molar-refractivity contribution in [3.05, 3.63) is 93.7 Å². The van der Waals surface area contributed by atoms with Gasteiger partial charge >= 0.3 is 0 Å². The Balaban J connectivity index is 2.08. The summed E-state index contributed by atoms with van der Waals surface area (Å²) in [6.45, 7) is 4.42. The molecule has 11 heteroatoms. The van der Waals surface area contributed by atoms with Gasteiger partial charge in [-0.3, -0.25) is 13.9 Å². The van der Waals surface area contributed by atoms with Crippen LogP contribution >= 0.6 is 23.2 Å². The van der Waals surface area contributed by atoms with E-state index in [-0.39, 0.29) is 32.7 Å². The molecule has 1 unspecified atom stereocenters. The fourth-order valence-corrected chi connectivity index (χ4v) is 5.68. The first kappa shape index (κ1) is 29.4. The monoisotopic (exact) mass is 579 g/mol. The van der Waals surface area contributed by atoms with Crippen LogP contribution in [0.25, 0.3) is 0 Å². The molecule has 3 rings (SSSR count). The van der Waals surface area contributed by atoms with Gasteiger partial charge in [0.05, 0.1) is 10.6 Å². The second kappa shape index (κ2) is 12.6. The number of benzene rings is 3. The van der Waals surface area contributed by atoms with E-state index in [0.29, 0.717) is 6.54 Å². The summed E-state index contributed by atoms with van der Waals surface area (Å²) < 4.78 is 42.9. The quantitative estimate of drug-likeness (QED) is 0.358. The number of carbonyl (C=O) groups is 2. The third-order valence-electron chi connectivity index (χ3n) is 5.84. The number of hydrogen-bond acceptors (Lipinski definition) is 4. The average molecular weight is 581 g/mol. The standard InChI is InChI=1S/C27H28Cl2FN3O4S/c1-4-31-27(35)19(3)32(16-20-7-5-6-8-25(20)30)26(34)17-33(23-14-21(28)13-22(29)15-23)38(36,37)24-11-9-18(2)10-12-24/h5-15,19H,4,16-17H2,1-3H3,(H,31,35). The van der Waals surface area contributed by atoms with Crippen molar-refractivity contribution in [2.24, 2.45) is 0 Å². The largest absolute Gasteiger partial charge is 0.355 e.